The fourth-order valence-corrected chi connectivity index (χ4v) is 3.79. The monoisotopic (exact) mass is 252 g/mol. The molecule has 0 amide bonds. The van der Waals surface area contributed by atoms with Gasteiger partial charge in [-0.05, 0) is 37.5 Å². The van der Waals surface area contributed by atoms with Crippen LogP contribution in [0.3, 0.4) is 0 Å². The Morgan fingerprint density at radius 2 is 1.89 bits per heavy atom. The van der Waals surface area contributed by atoms with Crippen LogP contribution < -0.4 is 5.32 Å². The molecule has 1 atom stereocenters. The van der Waals surface area contributed by atoms with Gasteiger partial charge in [0.2, 0.25) is 0 Å². The van der Waals surface area contributed by atoms with Gasteiger partial charge in [0.25, 0.3) is 0 Å². The van der Waals surface area contributed by atoms with E-state index in [4.69, 9.17) is 0 Å². The lowest BCUT2D eigenvalue weighted by Gasteiger charge is -2.43. The Labute approximate surface area is 114 Å². The average molecular weight is 252 g/mol. The van der Waals surface area contributed by atoms with Gasteiger partial charge in [0.15, 0.2) is 0 Å². The quantitative estimate of drug-likeness (QED) is 0.826. The van der Waals surface area contributed by atoms with Crippen LogP contribution in [-0.4, -0.2) is 36.6 Å². The molecule has 2 rings (SSSR count). The Kier molecular flexibility index (Phi) is 5.50. The van der Waals surface area contributed by atoms with Crippen molar-refractivity contribution in [3.8, 4) is 0 Å². The van der Waals surface area contributed by atoms with Crippen LogP contribution in [0.2, 0.25) is 0 Å². The summed E-state index contributed by atoms with van der Waals surface area (Å²) in [4.78, 5) is 2.78. The van der Waals surface area contributed by atoms with Crippen LogP contribution in [0.4, 0.5) is 0 Å². The summed E-state index contributed by atoms with van der Waals surface area (Å²) in [7, 11) is 0. The van der Waals surface area contributed by atoms with Crippen molar-refractivity contribution in [2.24, 2.45) is 11.8 Å². The highest BCUT2D eigenvalue weighted by atomic mass is 15.2. The first-order chi connectivity index (χ1) is 8.70. The zero-order valence-electron chi connectivity index (χ0n) is 12.6. The van der Waals surface area contributed by atoms with E-state index < -0.39 is 0 Å². The summed E-state index contributed by atoms with van der Waals surface area (Å²) in [6.07, 6.45) is 8.70. The molecule has 1 saturated heterocycles. The van der Waals surface area contributed by atoms with Gasteiger partial charge in [-0.25, -0.2) is 0 Å². The molecule has 0 spiro atoms. The third kappa shape index (κ3) is 3.71. The lowest BCUT2D eigenvalue weighted by molar-refractivity contribution is 0.0896. The molecule has 2 aliphatic rings. The molecule has 1 N–H and O–H groups in total. The number of nitrogens with one attached hydrogen (secondary N) is 1. The predicted molar refractivity (Wildman–Crippen MR) is 78.9 cm³/mol. The molecule has 2 fully saturated rings. The molecule has 1 aliphatic carbocycles. The smallest absolute Gasteiger partial charge is 0.0218 e. The summed E-state index contributed by atoms with van der Waals surface area (Å²) in [5.74, 6) is 1.80. The van der Waals surface area contributed by atoms with Crippen molar-refractivity contribution in [2.45, 2.75) is 71.4 Å². The van der Waals surface area contributed by atoms with E-state index in [1.165, 1.54) is 58.2 Å². The molecule has 106 valence electrons. The maximum absolute atomic E-state index is 3.68. The maximum Gasteiger partial charge on any atom is 0.0218 e. The summed E-state index contributed by atoms with van der Waals surface area (Å²) < 4.78 is 0. The van der Waals surface area contributed by atoms with Gasteiger partial charge in [-0.15, -0.1) is 0 Å². The normalized spacial score (nSPS) is 35.0. The lowest BCUT2D eigenvalue weighted by atomic mass is 9.82. The molecule has 0 aromatic carbocycles. The zero-order valence-corrected chi connectivity index (χ0v) is 12.6. The van der Waals surface area contributed by atoms with E-state index in [0.29, 0.717) is 6.04 Å². The third-order valence-corrected chi connectivity index (χ3v) is 5.07. The van der Waals surface area contributed by atoms with Crippen molar-refractivity contribution >= 4 is 0 Å². The second kappa shape index (κ2) is 6.91. The van der Waals surface area contributed by atoms with Crippen LogP contribution in [0.5, 0.6) is 0 Å². The number of hydrogen-bond acceptors (Lipinski definition) is 2. The van der Waals surface area contributed by atoms with Gasteiger partial charge in [-0.1, -0.05) is 33.6 Å². The Morgan fingerprint density at radius 3 is 2.50 bits per heavy atom. The molecule has 0 radical (unpaired) electrons. The molecule has 1 saturated carbocycles. The van der Waals surface area contributed by atoms with Crippen molar-refractivity contribution in [1.29, 1.82) is 0 Å². The van der Waals surface area contributed by atoms with Gasteiger partial charge in [0, 0.05) is 31.7 Å². The highest BCUT2D eigenvalue weighted by Crippen LogP contribution is 2.31. The van der Waals surface area contributed by atoms with Crippen LogP contribution >= 0.6 is 0 Å². The zero-order chi connectivity index (χ0) is 13.0. The van der Waals surface area contributed by atoms with E-state index in [1.807, 2.05) is 0 Å². The van der Waals surface area contributed by atoms with E-state index in [1.54, 1.807) is 0 Å². The van der Waals surface area contributed by atoms with E-state index in [9.17, 15) is 0 Å². The first kappa shape index (κ1) is 14.3. The summed E-state index contributed by atoms with van der Waals surface area (Å²) in [6, 6.07) is 1.61. The van der Waals surface area contributed by atoms with Crippen molar-refractivity contribution in [3.05, 3.63) is 0 Å². The van der Waals surface area contributed by atoms with Gasteiger partial charge >= 0.3 is 0 Å². The Bertz CT molecular complexity index is 231. The standard InChI is InChI=1S/C16H32N2/c1-4-5-14-6-8-15(9-7-14)18-11-10-17-16(12-18)13(2)3/h13-17H,4-12H2,1-3H3. The largest absolute Gasteiger partial charge is 0.311 e. The van der Waals surface area contributed by atoms with Crippen molar-refractivity contribution < 1.29 is 0 Å². The molecule has 0 aromatic rings. The molecule has 18 heavy (non-hydrogen) atoms. The van der Waals surface area contributed by atoms with Crippen molar-refractivity contribution in [3.63, 3.8) is 0 Å². The van der Waals surface area contributed by atoms with Crippen LogP contribution in [0, 0.1) is 11.8 Å². The summed E-state index contributed by atoms with van der Waals surface area (Å²) in [5.41, 5.74) is 0. The Hall–Kier alpha value is -0.0800. The van der Waals surface area contributed by atoms with Gasteiger partial charge in [-0.2, -0.15) is 0 Å². The van der Waals surface area contributed by atoms with Crippen molar-refractivity contribution in [1.82, 2.24) is 10.2 Å². The van der Waals surface area contributed by atoms with Gasteiger partial charge in [0.1, 0.15) is 0 Å². The molecule has 1 heterocycles. The Balaban J connectivity index is 1.78. The van der Waals surface area contributed by atoms with Crippen molar-refractivity contribution in [2.75, 3.05) is 19.6 Å². The molecule has 1 aliphatic heterocycles. The first-order valence-electron chi connectivity index (χ1n) is 8.18. The second-order valence-electron chi connectivity index (χ2n) is 6.76. The van der Waals surface area contributed by atoms with Gasteiger partial charge in [-0.3, -0.25) is 4.90 Å². The molecular weight excluding hydrogens is 220 g/mol. The highest BCUT2D eigenvalue weighted by molar-refractivity contribution is 4.87. The summed E-state index contributed by atoms with van der Waals surface area (Å²) in [6.45, 7) is 10.8. The van der Waals surface area contributed by atoms with Crippen LogP contribution in [0.15, 0.2) is 0 Å². The fraction of sp³-hybridized carbons (Fsp3) is 1.00. The number of piperazine rings is 1. The topological polar surface area (TPSA) is 15.3 Å². The molecule has 1 unspecified atom stereocenters. The third-order valence-electron chi connectivity index (χ3n) is 5.07. The predicted octanol–water partition coefficient (Wildman–Crippen LogP) is 3.28. The van der Waals surface area contributed by atoms with E-state index in [0.717, 1.165) is 17.9 Å². The minimum absolute atomic E-state index is 0.715. The second-order valence-corrected chi connectivity index (χ2v) is 6.76. The first-order valence-corrected chi connectivity index (χ1v) is 8.18. The van der Waals surface area contributed by atoms with Gasteiger partial charge in [0.05, 0.1) is 0 Å². The number of rotatable bonds is 4. The summed E-state index contributed by atoms with van der Waals surface area (Å²) >= 11 is 0. The fourth-order valence-electron chi connectivity index (χ4n) is 3.79. The van der Waals surface area contributed by atoms with E-state index in [2.05, 4.69) is 31.0 Å². The van der Waals surface area contributed by atoms with Crippen LogP contribution in [0.1, 0.15) is 59.3 Å². The van der Waals surface area contributed by atoms with E-state index >= 15 is 0 Å². The Morgan fingerprint density at radius 1 is 1.17 bits per heavy atom. The SMILES string of the molecule is CCCC1CCC(N2CCNC(C(C)C)C2)CC1. The summed E-state index contributed by atoms with van der Waals surface area (Å²) in [5, 5.41) is 3.68. The maximum atomic E-state index is 3.68. The molecule has 0 aromatic heterocycles. The minimum Gasteiger partial charge on any atom is -0.311 e. The van der Waals surface area contributed by atoms with Crippen LogP contribution in [-0.2, 0) is 0 Å². The average Bonchev–Trinajstić information content (AvgIpc) is 2.40. The lowest BCUT2D eigenvalue weighted by Crippen LogP contribution is -2.56. The minimum atomic E-state index is 0.715. The molecule has 0 bridgehead atoms. The number of hydrogen-bond donors (Lipinski definition) is 1. The number of nitrogens with zero attached hydrogens (tertiary/aromatic N) is 1. The van der Waals surface area contributed by atoms with Crippen LogP contribution in [0.25, 0.3) is 0 Å². The van der Waals surface area contributed by atoms with Gasteiger partial charge < -0.3 is 5.32 Å². The molecule has 2 heteroatoms. The highest BCUT2D eigenvalue weighted by Gasteiger charge is 2.29. The van der Waals surface area contributed by atoms with E-state index in [-0.39, 0.29) is 0 Å². The molecule has 2 nitrogen and oxygen atoms in total. The molecular formula is C16H32N2.